The number of ether oxygens (including phenoxy) is 1. The van der Waals surface area contributed by atoms with Crippen LogP contribution in [-0.4, -0.2) is 17.0 Å². The summed E-state index contributed by atoms with van der Waals surface area (Å²) in [6.45, 7) is 8.17. The van der Waals surface area contributed by atoms with Crippen molar-refractivity contribution < 1.29 is 4.74 Å². The fourth-order valence-corrected chi connectivity index (χ4v) is 1.90. The van der Waals surface area contributed by atoms with Gasteiger partial charge in [-0.25, -0.2) is 4.98 Å². The molecule has 0 aliphatic heterocycles. The van der Waals surface area contributed by atoms with E-state index >= 15 is 0 Å². The average molecular weight is 306 g/mol. The predicted molar refractivity (Wildman–Crippen MR) is 86.5 cm³/mol. The zero-order valence-corrected chi connectivity index (χ0v) is 13.7. The third-order valence-electron chi connectivity index (χ3n) is 2.99. The highest BCUT2D eigenvalue weighted by Gasteiger charge is 2.19. The Kier molecular flexibility index (Phi) is 4.37. The van der Waals surface area contributed by atoms with Gasteiger partial charge in [-0.2, -0.15) is 4.98 Å². The minimum atomic E-state index is -0.158. The van der Waals surface area contributed by atoms with Crippen LogP contribution in [0.3, 0.4) is 0 Å². The number of aryl methyl sites for hydroxylation is 1. The zero-order valence-electron chi connectivity index (χ0n) is 13.0. The Bertz CT molecular complexity index is 650. The molecule has 112 valence electrons. The molecule has 1 aromatic heterocycles. The van der Waals surface area contributed by atoms with Gasteiger partial charge in [0.05, 0.1) is 0 Å². The molecule has 0 saturated carbocycles. The molecule has 4 nitrogen and oxygen atoms in total. The Labute approximate surface area is 130 Å². The summed E-state index contributed by atoms with van der Waals surface area (Å²) in [4.78, 5) is 8.98. The van der Waals surface area contributed by atoms with Gasteiger partial charge in [-0.3, -0.25) is 0 Å². The highest BCUT2D eigenvalue weighted by atomic mass is 35.5. The van der Waals surface area contributed by atoms with E-state index < -0.39 is 0 Å². The first kappa shape index (κ1) is 15.6. The number of anilines is 1. The van der Waals surface area contributed by atoms with Gasteiger partial charge in [0, 0.05) is 23.6 Å². The molecule has 0 atom stereocenters. The van der Waals surface area contributed by atoms with E-state index in [-0.39, 0.29) is 5.41 Å². The van der Waals surface area contributed by atoms with Crippen LogP contribution in [0.1, 0.15) is 32.2 Å². The van der Waals surface area contributed by atoms with Gasteiger partial charge in [0.2, 0.25) is 5.88 Å². The maximum absolute atomic E-state index is 6.02. The summed E-state index contributed by atoms with van der Waals surface area (Å²) < 4.78 is 5.89. The minimum Gasteiger partial charge on any atom is -0.439 e. The molecule has 0 aliphatic rings. The second-order valence-electron chi connectivity index (χ2n) is 5.93. The number of nitrogens with one attached hydrogen (secondary N) is 1. The molecule has 0 radical (unpaired) electrons. The van der Waals surface area contributed by atoms with E-state index in [4.69, 9.17) is 16.3 Å². The molecule has 0 spiro atoms. The lowest BCUT2D eigenvalue weighted by atomic mass is 9.96. The Hall–Kier alpha value is -1.81. The maximum atomic E-state index is 6.02. The van der Waals surface area contributed by atoms with Crippen LogP contribution < -0.4 is 10.1 Å². The van der Waals surface area contributed by atoms with Crippen molar-refractivity contribution in [2.75, 3.05) is 12.4 Å². The van der Waals surface area contributed by atoms with Gasteiger partial charge < -0.3 is 10.1 Å². The van der Waals surface area contributed by atoms with Crippen molar-refractivity contribution in [3.63, 3.8) is 0 Å². The van der Waals surface area contributed by atoms with Crippen LogP contribution in [0.2, 0.25) is 5.02 Å². The van der Waals surface area contributed by atoms with E-state index in [2.05, 4.69) is 36.1 Å². The largest absolute Gasteiger partial charge is 0.439 e. The van der Waals surface area contributed by atoms with Crippen LogP contribution in [-0.2, 0) is 5.41 Å². The smallest absolute Gasteiger partial charge is 0.224 e. The van der Waals surface area contributed by atoms with E-state index in [9.17, 15) is 0 Å². The molecule has 1 N–H and O–H groups in total. The fourth-order valence-electron chi connectivity index (χ4n) is 1.74. The lowest BCUT2D eigenvalue weighted by molar-refractivity contribution is 0.444. The average Bonchev–Trinajstić information content (AvgIpc) is 2.41. The summed E-state index contributed by atoms with van der Waals surface area (Å²) in [5.41, 5.74) is 0.843. The number of aromatic nitrogens is 2. The van der Waals surface area contributed by atoms with Gasteiger partial charge in [0.1, 0.15) is 17.4 Å². The second-order valence-corrected chi connectivity index (χ2v) is 6.36. The van der Waals surface area contributed by atoms with Crippen molar-refractivity contribution in [3.05, 3.63) is 40.7 Å². The summed E-state index contributed by atoms with van der Waals surface area (Å²) >= 11 is 6.02. The maximum Gasteiger partial charge on any atom is 0.224 e. The summed E-state index contributed by atoms with van der Waals surface area (Å²) in [6, 6.07) is 7.32. The first-order valence-electron chi connectivity index (χ1n) is 6.81. The normalized spacial score (nSPS) is 11.3. The summed E-state index contributed by atoms with van der Waals surface area (Å²) in [5, 5.41) is 3.67. The topological polar surface area (TPSA) is 47.0 Å². The zero-order chi connectivity index (χ0) is 15.6. The van der Waals surface area contributed by atoms with Gasteiger partial charge >= 0.3 is 0 Å². The lowest BCUT2D eigenvalue weighted by Gasteiger charge is -2.18. The van der Waals surface area contributed by atoms with Crippen LogP contribution in [0.15, 0.2) is 24.3 Å². The van der Waals surface area contributed by atoms with Crippen molar-refractivity contribution in [1.82, 2.24) is 9.97 Å². The molecule has 5 heteroatoms. The van der Waals surface area contributed by atoms with Gasteiger partial charge in [-0.05, 0) is 24.6 Å². The van der Waals surface area contributed by atoms with Crippen molar-refractivity contribution in [2.24, 2.45) is 0 Å². The molecule has 0 fully saturated rings. The van der Waals surface area contributed by atoms with Crippen molar-refractivity contribution in [1.29, 1.82) is 0 Å². The molecule has 0 saturated heterocycles. The Morgan fingerprint density at radius 1 is 1.14 bits per heavy atom. The molecular formula is C16H20ClN3O. The third kappa shape index (κ3) is 3.85. The van der Waals surface area contributed by atoms with E-state index in [1.54, 1.807) is 12.1 Å². The minimum absolute atomic E-state index is 0.158. The number of rotatable bonds is 3. The number of hydrogen-bond donors (Lipinski definition) is 1. The standard InChI is InChI=1S/C16H20ClN3O/c1-10-6-7-11(17)8-12(10)21-14-9-13(18-5)19-15(20-14)16(2,3)4/h6-9H,1-5H3,(H,18,19,20). The molecule has 0 bridgehead atoms. The first-order valence-corrected chi connectivity index (χ1v) is 7.19. The monoisotopic (exact) mass is 305 g/mol. The highest BCUT2D eigenvalue weighted by molar-refractivity contribution is 6.30. The van der Waals surface area contributed by atoms with Crippen molar-refractivity contribution in [3.8, 4) is 11.6 Å². The van der Waals surface area contributed by atoms with E-state index in [0.717, 1.165) is 17.2 Å². The van der Waals surface area contributed by atoms with Crippen LogP contribution in [0, 0.1) is 6.92 Å². The molecule has 1 heterocycles. The quantitative estimate of drug-likeness (QED) is 0.902. The molecular weight excluding hydrogens is 286 g/mol. The third-order valence-corrected chi connectivity index (χ3v) is 3.23. The fraction of sp³-hybridized carbons (Fsp3) is 0.375. The van der Waals surface area contributed by atoms with Crippen molar-refractivity contribution >= 4 is 17.4 Å². The lowest BCUT2D eigenvalue weighted by Crippen LogP contribution is -2.17. The Balaban J connectivity index is 2.42. The van der Waals surface area contributed by atoms with Crippen molar-refractivity contribution in [2.45, 2.75) is 33.1 Å². The molecule has 0 unspecified atom stereocenters. The highest BCUT2D eigenvalue weighted by Crippen LogP contribution is 2.29. The number of nitrogens with zero attached hydrogens (tertiary/aromatic N) is 2. The summed E-state index contributed by atoms with van der Waals surface area (Å²) in [7, 11) is 1.82. The summed E-state index contributed by atoms with van der Waals surface area (Å²) in [5.74, 6) is 2.65. The Morgan fingerprint density at radius 3 is 2.48 bits per heavy atom. The van der Waals surface area contributed by atoms with E-state index in [1.165, 1.54) is 0 Å². The van der Waals surface area contributed by atoms with E-state index in [1.807, 2.05) is 26.1 Å². The van der Waals surface area contributed by atoms with Crippen LogP contribution >= 0.6 is 11.6 Å². The molecule has 2 rings (SSSR count). The van der Waals surface area contributed by atoms with Gasteiger partial charge in [-0.1, -0.05) is 38.4 Å². The molecule has 1 aromatic carbocycles. The van der Waals surface area contributed by atoms with E-state index in [0.29, 0.717) is 16.7 Å². The van der Waals surface area contributed by atoms with Crippen LogP contribution in [0.4, 0.5) is 5.82 Å². The summed E-state index contributed by atoms with van der Waals surface area (Å²) in [6.07, 6.45) is 0. The van der Waals surface area contributed by atoms with Crippen LogP contribution in [0.25, 0.3) is 0 Å². The predicted octanol–water partition coefficient (Wildman–Crippen LogP) is 4.57. The van der Waals surface area contributed by atoms with Gasteiger partial charge in [0.25, 0.3) is 0 Å². The van der Waals surface area contributed by atoms with Crippen LogP contribution in [0.5, 0.6) is 11.6 Å². The SMILES string of the molecule is CNc1cc(Oc2cc(Cl)ccc2C)nc(C(C)(C)C)n1. The number of halogens is 1. The molecule has 0 amide bonds. The Morgan fingerprint density at radius 2 is 1.86 bits per heavy atom. The second kappa shape index (κ2) is 5.90. The number of benzene rings is 1. The van der Waals surface area contributed by atoms with Gasteiger partial charge in [0.15, 0.2) is 0 Å². The molecule has 21 heavy (non-hydrogen) atoms. The number of hydrogen-bond acceptors (Lipinski definition) is 4. The first-order chi connectivity index (χ1) is 9.79. The molecule has 0 aliphatic carbocycles. The molecule has 2 aromatic rings. The van der Waals surface area contributed by atoms with Gasteiger partial charge in [-0.15, -0.1) is 0 Å².